The van der Waals surface area contributed by atoms with Crippen LogP contribution in [0.1, 0.15) is 30.0 Å². The third kappa shape index (κ3) is 4.56. The SMILES string of the molecule is CCOC(=O)C(C)Oc1cc2c(C(=O)OCCOC)c(C)oc2cc1Br. The molecule has 0 fully saturated rings. The molecule has 142 valence electrons. The summed E-state index contributed by atoms with van der Waals surface area (Å²) in [5, 5.41) is 0.541. The number of benzene rings is 1. The highest BCUT2D eigenvalue weighted by Gasteiger charge is 2.23. The van der Waals surface area contributed by atoms with Crippen LogP contribution < -0.4 is 4.74 Å². The lowest BCUT2D eigenvalue weighted by molar-refractivity contribution is -0.150. The molecule has 0 aliphatic rings. The van der Waals surface area contributed by atoms with E-state index >= 15 is 0 Å². The van der Waals surface area contributed by atoms with Crippen molar-refractivity contribution < 1.29 is 33.0 Å². The number of carbonyl (C=O) groups is 2. The van der Waals surface area contributed by atoms with E-state index in [2.05, 4.69) is 15.9 Å². The molecule has 7 nitrogen and oxygen atoms in total. The van der Waals surface area contributed by atoms with Gasteiger partial charge in [-0.05, 0) is 48.8 Å². The topological polar surface area (TPSA) is 84.2 Å². The normalized spacial score (nSPS) is 12.0. The number of ether oxygens (including phenoxy) is 4. The van der Waals surface area contributed by atoms with Gasteiger partial charge < -0.3 is 23.4 Å². The van der Waals surface area contributed by atoms with E-state index < -0.39 is 18.0 Å². The predicted molar refractivity (Wildman–Crippen MR) is 97.5 cm³/mol. The Morgan fingerprint density at radius 2 is 1.96 bits per heavy atom. The summed E-state index contributed by atoms with van der Waals surface area (Å²) in [5.74, 6) is -0.151. The fraction of sp³-hybridized carbons (Fsp3) is 0.444. The molecule has 1 atom stereocenters. The lowest BCUT2D eigenvalue weighted by Gasteiger charge is -2.14. The second-order valence-electron chi connectivity index (χ2n) is 5.45. The van der Waals surface area contributed by atoms with Crippen molar-refractivity contribution >= 4 is 38.8 Å². The van der Waals surface area contributed by atoms with Crippen LogP contribution in [0.5, 0.6) is 5.75 Å². The molecule has 0 aliphatic carbocycles. The van der Waals surface area contributed by atoms with Crippen LogP contribution in [-0.2, 0) is 19.0 Å². The highest BCUT2D eigenvalue weighted by Crippen LogP contribution is 2.35. The van der Waals surface area contributed by atoms with Gasteiger partial charge in [-0.1, -0.05) is 0 Å². The minimum absolute atomic E-state index is 0.140. The maximum Gasteiger partial charge on any atom is 0.347 e. The van der Waals surface area contributed by atoms with E-state index in [9.17, 15) is 9.59 Å². The first-order valence-electron chi connectivity index (χ1n) is 8.11. The highest BCUT2D eigenvalue weighted by atomic mass is 79.9. The van der Waals surface area contributed by atoms with Gasteiger partial charge in [0.15, 0.2) is 6.10 Å². The molecule has 1 aromatic heterocycles. The number of furan rings is 1. The smallest absolute Gasteiger partial charge is 0.347 e. The van der Waals surface area contributed by atoms with E-state index in [0.29, 0.717) is 39.1 Å². The van der Waals surface area contributed by atoms with Crippen LogP contribution in [0.3, 0.4) is 0 Å². The Morgan fingerprint density at radius 1 is 1.23 bits per heavy atom. The molecule has 1 aromatic carbocycles. The molecular weight excluding hydrogens is 408 g/mol. The molecule has 1 unspecified atom stereocenters. The zero-order valence-corrected chi connectivity index (χ0v) is 16.7. The fourth-order valence-electron chi connectivity index (χ4n) is 2.35. The number of hydrogen-bond acceptors (Lipinski definition) is 7. The van der Waals surface area contributed by atoms with Gasteiger partial charge in [-0.25, -0.2) is 9.59 Å². The van der Waals surface area contributed by atoms with Gasteiger partial charge in [0.1, 0.15) is 29.3 Å². The van der Waals surface area contributed by atoms with Crippen molar-refractivity contribution in [2.24, 2.45) is 0 Å². The molecule has 0 N–H and O–H groups in total. The summed E-state index contributed by atoms with van der Waals surface area (Å²) < 4.78 is 26.9. The van der Waals surface area contributed by atoms with Crippen LogP contribution in [0.4, 0.5) is 0 Å². The van der Waals surface area contributed by atoms with Crippen molar-refractivity contribution in [1.29, 1.82) is 0 Å². The van der Waals surface area contributed by atoms with E-state index in [1.165, 1.54) is 7.11 Å². The van der Waals surface area contributed by atoms with Crippen molar-refractivity contribution in [1.82, 2.24) is 0 Å². The quantitative estimate of drug-likeness (QED) is 0.468. The zero-order chi connectivity index (χ0) is 19.3. The molecule has 0 radical (unpaired) electrons. The van der Waals surface area contributed by atoms with Gasteiger partial charge in [0.25, 0.3) is 0 Å². The molecule has 0 saturated heterocycles. The standard InChI is InChI=1S/C18H21BrO7/c1-5-23-17(20)11(3)26-15-8-12-14(9-13(15)19)25-10(2)16(12)18(21)24-7-6-22-4/h8-9,11H,5-7H2,1-4H3. The number of rotatable bonds is 8. The summed E-state index contributed by atoms with van der Waals surface area (Å²) in [6, 6.07) is 3.32. The lowest BCUT2D eigenvalue weighted by atomic mass is 10.1. The Hall–Kier alpha value is -2.06. The molecule has 0 bridgehead atoms. The number of aryl methyl sites for hydroxylation is 1. The van der Waals surface area contributed by atoms with E-state index in [1.54, 1.807) is 32.9 Å². The van der Waals surface area contributed by atoms with Crippen molar-refractivity contribution in [3.63, 3.8) is 0 Å². The third-order valence-electron chi connectivity index (χ3n) is 3.57. The molecule has 2 rings (SSSR count). The first-order valence-corrected chi connectivity index (χ1v) is 8.90. The number of halogens is 1. The second-order valence-corrected chi connectivity index (χ2v) is 6.31. The summed E-state index contributed by atoms with van der Waals surface area (Å²) in [7, 11) is 1.53. The van der Waals surface area contributed by atoms with Crippen molar-refractivity contribution in [2.75, 3.05) is 26.9 Å². The largest absolute Gasteiger partial charge is 0.478 e. The van der Waals surface area contributed by atoms with Gasteiger partial charge in [-0.3, -0.25) is 0 Å². The van der Waals surface area contributed by atoms with E-state index in [4.69, 9.17) is 23.4 Å². The van der Waals surface area contributed by atoms with Gasteiger partial charge in [-0.15, -0.1) is 0 Å². The number of hydrogen-bond donors (Lipinski definition) is 0. The first-order chi connectivity index (χ1) is 12.4. The molecular formula is C18H21BrO7. The predicted octanol–water partition coefficient (Wildman–Crippen LogP) is 3.64. The summed E-state index contributed by atoms with van der Waals surface area (Å²) >= 11 is 3.39. The average molecular weight is 429 g/mol. The maximum atomic E-state index is 12.4. The third-order valence-corrected chi connectivity index (χ3v) is 4.19. The van der Waals surface area contributed by atoms with Crippen molar-refractivity contribution in [3.05, 3.63) is 27.9 Å². The zero-order valence-electron chi connectivity index (χ0n) is 15.1. The highest BCUT2D eigenvalue weighted by molar-refractivity contribution is 9.10. The van der Waals surface area contributed by atoms with E-state index in [1.807, 2.05) is 0 Å². The lowest BCUT2D eigenvalue weighted by Crippen LogP contribution is -2.26. The average Bonchev–Trinajstić information content (AvgIpc) is 2.90. The van der Waals surface area contributed by atoms with Crippen LogP contribution >= 0.6 is 15.9 Å². The molecule has 1 heterocycles. The van der Waals surface area contributed by atoms with Crippen LogP contribution in [0.2, 0.25) is 0 Å². The van der Waals surface area contributed by atoms with Gasteiger partial charge in [0.2, 0.25) is 0 Å². The van der Waals surface area contributed by atoms with E-state index in [-0.39, 0.29) is 13.2 Å². The van der Waals surface area contributed by atoms with Gasteiger partial charge >= 0.3 is 11.9 Å². The molecule has 2 aromatic rings. The molecule has 0 aliphatic heterocycles. The summed E-state index contributed by atoms with van der Waals surface area (Å²) in [5.41, 5.74) is 0.821. The molecule has 0 saturated carbocycles. The fourth-order valence-corrected chi connectivity index (χ4v) is 2.77. The molecule has 0 spiro atoms. The summed E-state index contributed by atoms with van der Waals surface area (Å²) in [6.07, 6.45) is -0.797. The number of carbonyl (C=O) groups excluding carboxylic acids is 2. The van der Waals surface area contributed by atoms with Crippen LogP contribution in [0.25, 0.3) is 11.0 Å². The molecule has 0 amide bonds. The minimum Gasteiger partial charge on any atom is -0.478 e. The monoisotopic (exact) mass is 428 g/mol. The summed E-state index contributed by atoms with van der Waals surface area (Å²) in [4.78, 5) is 24.1. The second kappa shape index (κ2) is 9.05. The number of methoxy groups -OCH3 is 1. The van der Waals surface area contributed by atoms with Crippen LogP contribution in [-0.4, -0.2) is 45.0 Å². The number of esters is 2. The van der Waals surface area contributed by atoms with E-state index in [0.717, 1.165) is 0 Å². The Bertz CT molecular complexity index is 796. The Balaban J connectivity index is 2.33. The molecule has 8 heteroatoms. The Labute approximate surface area is 159 Å². The summed E-state index contributed by atoms with van der Waals surface area (Å²) in [6.45, 7) is 5.71. The Kier molecular flexibility index (Phi) is 7.05. The molecule has 26 heavy (non-hydrogen) atoms. The van der Waals surface area contributed by atoms with Crippen LogP contribution in [0, 0.1) is 6.92 Å². The maximum absolute atomic E-state index is 12.4. The van der Waals surface area contributed by atoms with Crippen molar-refractivity contribution in [3.8, 4) is 5.75 Å². The Morgan fingerprint density at radius 3 is 2.62 bits per heavy atom. The van der Waals surface area contributed by atoms with Crippen LogP contribution in [0.15, 0.2) is 21.0 Å². The van der Waals surface area contributed by atoms with Gasteiger partial charge in [0.05, 0.1) is 17.7 Å². The van der Waals surface area contributed by atoms with Crippen molar-refractivity contribution in [2.45, 2.75) is 26.9 Å². The van der Waals surface area contributed by atoms with Gasteiger partial charge in [0, 0.05) is 12.5 Å². The first kappa shape index (κ1) is 20.3. The van der Waals surface area contributed by atoms with Gasteiger partial charge in [-0.2, -0.15) is 0 Å². The number of fused-ring (bicyclic) bond motifs is 1. The minimum atomic E-state index is -0.797.